The molecule has 1 aromatic heterocycles. The maximum atomic E-state index is 13.8. The lowest BCUT2D eigenvalue weighted by molar-refractivity contribution is -0.137. The van der Waals surface area contributed by atoms with E-state index in [0.29, 0.717) is 23.1 Å². The van der Waals surface area contributed by atoms with E-state index in [-0.39, 0.29) is 52.0 Å². The first-order valence-electron chi connectivity index (χ1n) is 11.5. The predicted octanol–water partition coefficient (Wildman–Crippen LogP) is 6.25. The average molecular weight is 575 g/mol. The van der Waals surface area contributed by atoms with Gasteiger partial charge in [-0.25, -0.2) is 8.96 Å². The molecule has 13 heteroatoms. The van der Waals surface area contributed by atoms with Gasteiger partial charge >= 0.3 is 14.0 Å². The van der Waals surface area contributed by atoms with E-state index in [1.807, 2.05) is 0 Å². The molecule has 3 aromatic carbocycles. The van der Waals surface area contributed by atoms with Crippen LogP contribution in [0.2, 0.25) is 0 Å². The number of nitrogens with zero attached hydrogens (tertiary/aromatic N) is 1. The summed E-state index contributed by atoms with van der Waals surface area (Å²) in [6, 6.07) is 12.4. The molecule has 2 N–H and O–H groups in total. The normalized spacial score (nSPS) is 13.8. The third-order valence-corrected chi connectivity index (χ3v) is 6.34. The zero-order valence-electron chi connectivity index (χ0n) is 20.2. The lowest BCUT2D eigenvalue weighted by atomic mass is 10.0. The summed E-state index contributed by atoms with van der Waals surface area (Å²) in [6.45, 7) is -0.0260. The highest BCUT2D eigenvalue weighted by molar-refractivity contribution is 7.46. The molecule has 0 unspecified atom stereocenters. The highest BCUT2D eigenvalue weighted by atomic mass is 31.2. The van der Waals surface area contributed by atoms with Crippen molar-refractivity contribution < 1.29 is 45.6 Å². The first-order valence-corrected chi connectivity index (χ1v) is 13.1. The van der Waals surface area contributed by atoms with Gasteiger partial charge in [-0.2, -0.15) is 13.2 Å². The molecule has 0 fully saturated rings. The summed E-state index contributed by atoms with van der Waals surface area (Å²) in [7, 11) is -4.71. The molecule has 0 atom stereocenters. The topological polar surface area (TPSA) is 119 Å². The number of hydrogen-bond donors (Lipinski definition) is 2. The first kappa shape index (κ1) is 27.3. The highest BCUT2D eigenvalue weighted by Crippen LogP contribution is 2.38. The minimum Gasteiger partial charge on any atom is -0.487 e. The number of phosphoric ester groups is 1. The highest BCUT2D eigenvalue weighted by Gasteiger charge is 2.32. The number of alkyl halides is 3. The van der Waals surface area contributed by atoms with E-state index in [4.69, 9.17) is 18.9 Å². The van der Waals surface area contributed by atoms with Crippen molar-refractivity contribution >= 4 is 24.5 Å². The Hall–Kier alpha value is -4.25. The first-order chi connectivity index (χ1) is 18.9. The Morgan fingerprint density at radius 2 is 1.70 bits per heavy atom. The molecule has 4 aromatic rings. The summed E-state index contributed by atoms with van der Waals surface area (Å²) in [5.41, 5.74) is 0.198. The monoisotopic (exact) mass is 575 g/mol. The summed E-state index contributed by atoms with van der Waals surface area (Å²) in [4.78, 5) is 35.1. The van der Waals surface area contributed by atoms with Crippen LogP contribution in [-0.4, -0.2) is 22.1 Å². The van der Waals surface area contributed by atoms with Gasteiger partial charge in [-0.05, 0) is 53.6 Å². The molecule has 1 aliphatic heterocycles. The minimum atomic E-state index is -4.71. The van der Waals surface area contributed by atoms with Gasteiger partial charge in [0.25, 0.3) is 0 Å². The zero-order chi connectivity index (χ0) is 28.7. The van der Waals surface area contributed by atoms with E-state index < -0.39 is 25.4 Å². The second-order valence-corrected chi connectivity index (χ2v) is 9.88. The molecule has 0 aliphatic carbocycles. The fourth-order valence-corrected chi connectivity index (χ4v) is 4.46. The lowest BCUT2D eigenvalue weighted by Crippen LogP contribution is -2.08. The van der Waals surface area contributed by atoms with Crippen LogP contribution in [0.15, 0.2) is 92.9 Å². The molecule has 1 aliphatic rings. The van der Waals surface area contributed by atoms with Gasteiger partial charge in [0.2, 0.25) is 0 Å². The fourth-order valence-electron chi connectivity index (χ4n) is 4.06. The van der Waals surface area contributed by atoms with Gasteiger partial charge in [-0.3, -0.25) is 19.6 Å². The van der Waals surface area contributed by atoms with Gasteiger partial charge in [0.05, 0.1) is 27.9 Å². The average Bonchev–Trinajstić information content (AvgIpc) is 3.36. The number of allylic oxidation sites excluding steroid dienone is 1. The van der Waals surface area contributed by atoms with E-state index in [2.05, 4.69) is 9.52 Å². The van der Waals surface area contributed by atoms with E-state index in [1.54, 1.807) is 12.1 Å². The SMILES string of the molecule is O=c1c(-c2ccc(OP(=O)(O)O)cc2)coc2cc(OCC3=CCC(c4cc(F)cc(C(F)(F)F)c4)=N3)ccc12. The molecule has 206 valence electrons. The van der Waals surface area contributed by atoms with Gasteiger partial charge in [0.15, 0.2) is 5.43 Å². The number of halogens is 4. The molecule has 0 amide bonds. The molecule has 0 spiro atoms. The maximum Gasteiger partial charge on any atom is 0.524 e. The quantitative estimate of drug-likeness (QED) is 0.198. The molecule has 8 nitrogen and oxygen atoms in total. The second-order valence-electron chi connectivity index (χ2n) is 8.72. The lowest BCUT2D eigenvalue weighted by Gasteiger charge is -2.09. The summed E-state index contributed by atoms with van der Waals surface area (Å²) >= 11 is 0. The van der Waals surface area contributed by atoms with E-state index in [0.717, 1.165) is 12.1 Å². The molecule has 0 saturated heterocycles. The van der Waals surface area contributed by atoms with Crippen LogP contribution in [0, 0.1) is 5.82 Å². The standard InChI is InChI=1S/C27H18F4NO7P/c28-18-10-16(9-17(11-18)27(29,30)31)24-8-3-19(32-24)13-37-21-6-7-22-25(12-21)38-14-23(26(22)33)15-1-4-20(5-2-15)39-40(34,35)36/h1-7,9-12,14H,8,13H2,(H2,34,35,36). The van der Waals surface area contributed by atoms with Crippen LogP contribution < -0.4 is 14.7 Å². The zero-order valence-corrected chi connectivity index (χ0v) is 21.1. The van der Waals surface area contributed by atoms with Gasteiger partial charge < -0.3 is 13.7 Å². The summed E-state index contributed by atoms with van der Waals surface area (Å²) < 4.78 is 79.7. The van der Waals surface area contributed by atoms with Gasteiger partial charge in [0, 0.05) is 12.5 Å². The van der Waals surface area contributed by atoms with Crippen LogP contribution in [0.3, 0.4) is 0 Å². The molecule has 40 heavy (non-hydrogen) atoms. The Balaban J connectivity index is 1.29. The van der Waals surface area contributed by atoms with E-state index in [1.165, 1.54) is 42.7 Å². The smallest absolute Gasteiger partial charge is 0.487 e. The number of benzene rings is 3. The Morgan fingerprint density at radius 1 is 0.975 bits per heavy atom. The molecule has 5 rings (SSSR count). The maximum absolute atomic E-state index is 13.8. The van der Waals surface area contributed by atoms with Crippen molar-refractivity contribution in [2.45, 2.75) is 12.6 Å². The van der Waals surface area contributed by atoms with Crippen molar-refractivity contribution in [3.63, 3.8) is 0 Å². The Morgan fingerprint density at radius 3 is 2.40 bits per heavy atom. The van der Waals surface area contributed by atoms with Crippen LogP contribution in [0.5, 0.6) is 11.5 Å². The van der Waals surface area contributed by atoms with Crippen LogP contribution in [0.4, 0.5) is 17.6 Å². The number of rotatable bonds is 7. The van der Waals surface area contributed by atoms with Crippen molar-refractivity contribution in [2.75, 3.05) is 6.61 Å². The second kappa shape index (κ2) is 10.4. The molecular weight excluding hydrogens is 557 g/mol. The number of hydrogen-bond acceptors (Lipinski definition) is 6. The predicted molar refractivity (Wildman–Crippen MR) is 137 cm³/mol. The van der Waals surface area contributed by atoms with Gasteiger partial charge in [0.1, 0.15) is 35.8 Å². The third kappa shape index (κ3) is 6.15. The van der Waals surface area contributed by atoms with Crippen molar-refractivity contribution in [1.29, 1.82) is 0 Å². The van der Waals surface area contributed by atoms with Gasteiger partial charge in [-0.15, -0.1) is 0 Å². The largest absolute Gasteiger partial charge is 0.524 e. The fraction of sp³-hybridized carbons (Fsp3) is 0.111. The van der Waals surface area contributed by atoms with Gasteiger partial charge in [-0.1, -0.05) is 18.2 Å². The summed E-state index contributed by atoms with van der Waals surface area (Å²) in [5.74, 6) is -0.735. The van der Waals surface area contributed by atoms with Crippen LogP contribution >= 0.6 is 7.82 Å². The van der Waals surface area contributed by atoms with E-state index in [9.17, 15) is 26.9 Å². The van der Waals surface area contributed by atoms with Crippen molar-refractivity contribution in [1.82, 2.24) is 0 Å². The Kier molecular flexibility index (Phi) is 7.09. The number of aliphatic imine (C=N–C) groups is 1. The molecule has 2 heterocycles. The number of fused-ring (bicyclic) bond motifs is 1. The summed E-state index contributed by atoms with van der Waals surface area (Å²) in [5, 5.41) is 0.257. The molecular formula is C27H18F4NO7P. The van der Waals surface area contributed by atoms with Crippen LogP contribution in [0.25, 0.3) is 22.1 Å². The minimum absolute atomic E-state index is 0.0260. The van der Waals surface area contributed by atoms with Crippen molar-refractivity contribution in [3.05, 3.63) is 106 Å². The van der Waals surface area contributed by atoms with Crippen LogP contribution in [-0.2, 0) is 10.7 Å². The molecule has 0 radical (unpaired) electrons. The third-order valence-electron chi connectivity index (χ3n) is 5.89. The Bertz CT molecular complexity index is 1770. The Labute approximate surface area is 223 Å². The number of phosphoric acid groups is 1. The van der Waals surface area contributed by atoms with Crippen molar-refractivity contribution in [3.8, 4) is 22.6 Å². The van der Waals surface area contributed by atoms with E-state index >= 15 is 0 Å². The molecule has 0 saturated carbocycles. The van der Waals surface area contributed by atoms with Crippen molar-refractivity contribution in [2.24, 2.45) is 4.99 Å². The van der Waals surface area contributed by atoms with Crippen LogP contribution in [0.1, 0.15) is 17.5 Å². The molecule has 0 bridgehead atoms. The number of ether oxygens (including phenoxy) is 1. The summed E-state index contributed by atoms with van der Waals surface area (Å²) in [6.07, 6.45) is -1.56.